The van der Waals surface area contributed by atoms with Crippen LogP contribution in [0.4, 0.5) is 0 Å². The molecule has 0 aliphatic carbocycles. The highest BCUT2D eigenvalue weighted by atomic mass is 16.5. The number of aryl methyl sites for hydroxylation is 1. The third-order valence-corrected chi connectivity index (χ3v) is 5.82. The van der Waals surface area contributed by atoms with Crippen LogP contribution in [-0.4, -0.2) is 5.60 Å². The molecule has 0 atom stereocenters. The van der Waals surface area contributed by atoms with E-state index in [1.54, 1.807) is 0 Å². The van der Waals surface area contributed by atoms with Crippen LogP contribution in [0.1, 0.15) is 57.6 Å². The first-order valence-corrected chi connectivity index (χ1v) is 11.3. The molecule has 0 fully saturated rings. The molecule has 5 nitrogen and oxygen atoms in total. The Balaban J connectivity index is 2.16. The van der Waals surface area contributed by atoms with E-state index in [0.29, 0.717) is 5.57 Å². The zero-order valence-corrected chi connectivity index (χ0v) is 19.4. The van der Waals surface area contributed by atoms with Crippen LogP contribution >= 0.6 is 0 Å². The fourth-order valence-electron chi connectivity index (χ4n) is 4.21. The molecule has 0 bridgehead atoms. The van der Waals surface area contributed by atoms with Crippen molar-refractivity contribution in [3.05, 3.63) is 88.0 Å². The highest BCUT2D eigenvalue weighted by Gasteiger charge is 2.42. The van der Waals surface area contributed by atoms with Crippen LogP contribution in [0.5, 0.6) is 0 Å². The van der Waals surface area contributed by atoms with E-state index in [1.165, 1.54) is 31.2 Å². The Labute approximate surface area is 196 Å². The average molecular weight is 437 g/mol. The van der Waals surface area contributed by atoms with Crippen LogP contribution in [0, 0.1) is 34.0 Å². The van der Waals surface area contributed by atoms with Gasteiger partial charge in [0.25, 0.3) is 0 Å². The van der Waals surface area contributed by atoms with Gasteiger partial charge >= 0.3 is 0 Å². The highest BCUT2D eigenvalue weighted by molar-refractivity contribution is 5.90. The van der Waals surface area contributed by atoms with Crippen molar-refractivity contribution in [2.75, 3.05) is 0 Å². The second-order valence-corrected chi connectivity index (χ2v) is 8.57. The Morgan fingerprint density at radius 2 is 1.64 bits per heavy atom. The normalized spacial score (nSPS) is 15.9. The number of benzene rings is 1. The fourth-order valence-corrected chi connectivity index (χ4v) is 4.21. The minimum atomic E-state index is -0.896. The van der Waals surface area contributed by atoms with E-state index >= 15 is 0 Å². The summed E-state index contributed by atoms with van der Waals surface area (Å²) in [6.45, 7) is 5.93. The molecule has 0 spiro atoms. The van der Waals surface area contributed by atoms with Crippen LogP contribution in [0.15, 0.2) is 76.9 Å². The van der Waals surface area contributed by atoms with Gasteiger partial charge in [0.05, 0.1) is 0 Å². The van der Waals surface area contributed by atoms with E-state index in [2.05, 4.69) is 42.6 Å². The van der Waals surface area contributed by atoms with E-state index in [0.717, 1.165) is 23.1 Å². The van der Waals surface area contributed by atoms with E-state index in [1.807, 2.05) is 50.5 Å². The lowest BCUT2D eigenvalue weighted by atomic mass is 9.82. The van der Waals surface area contributed by atoms with E-state index in [4.69, 9.17) is 4.74 Å². The first-order chi connectivity index (χ1) is 16.0. The van der Waals surface area contributed by atoms with Crippen molar-refractivity contribution in [1.29, 1.82) is 15.8 Å². The number of nitrogens with one attached hydrogen (secondary N) is 1. The summed E-state index contributed by atoms with van der Waals surface area (Å²) in [6.07, 6.45) is 13.5. The lowest BCUT2D eigenvalue weighted by molar-refractivity contribution is 0.0962. The molecule has 5 heteroatoms. The maximum Gasteiger partial charge on any atom is 0.172 e. The summed E-state index contributed by atoms with van der Waals surface area (Å²) >= 11 is 0. The van der Waals surface area contributed by atoms with Gasteiger partial charge in [-0.3, -0.25) is 0 Å². The van der Waals surface area contributed by atoms with Crippen molar-refractivity contribution in [3.8, 4) is 18.2 Å². The lowest BCUT2D eigenvalue weighted by Gasteiger charge is -2.26. The van der Waals surface area contributed by atoms with Crippen molar-refractivity contribution in [2.24, 2.45) is 0 Å². The van der Waals surface area contributed by atoms with Crippen molar-refractivity contribution < 1.29 is 4.74 Å². The maximum absolute atomic E-state index is 10.0. The van der Waals surface area contributed by atoms with Gasteiger partial charge in [0.15, 0.2) is 11.3 Å². The van der Waals surface area contributed by atoms with Crippen molar-refractivity contribution in [2.45, 2.75) is 58.5 Å². The Morgan fingerprint density at radius 1 is 0.970 bits per heavy atom. The summed E-state index contributed by atoms with van der Waals surface area (Å²) in [5.41, 5.74) is 3.81. The summed E-state index contributed by atoms with van der Waals surface area (Å²) < 4.78 is 6.04. The number of hydrogen-bond donors (Lipinski definition) is 1. The maximum atomic E-state index is 10.0. The van der Waals surface area contributed by atoms with Crippen LogP contribution < -0.4 is 5.32 Å². The molecule has 0 saturated carbocycles. The van der Waals surface area contributed by atoms with Crippen molar-refractivity contribution >= 4 is 5.57 Å². The highest BCUT2D eigenvalue weighted by Crippen LogP contribution is 2.47. The standard InChI is InChI=1S/C28H28N4O/c1-4-5-6-7-8-20-9-11-21(12-10-20)25(22-13-15-32-16-14-22)26-24(19-31)27(23(17-29)18-30)33-28(26,2)3/h9-16,32H,4-8H2,1-3H3. The van der Waals surface area contributed by atoms with Crippen LogP contribution in [0.2, 0.25) is 0 Å². The molecule has 2 aliphatic heterocycles. The Kier molecular flexibility index (Phi) is 7.55. The van der Waals surface area contributed by atoms with E-state index in [9.17, 15) is 15.8 Å². The molecule has 1 aromatic carbocycles. The third-order valence-electron chi connectivity index (χ3n) is 5.82. The number of nitriles is 3. The second kappa shape index (κ2) is 10.5. The predicted octanol–water partition coefficient (Wildman–Crippen LogP) is 6.12. The summed E-state index contributed by atoms with van der Waals surface area (Å²) in [6, 6.07) is 14.4. The number of ether oxygens (including phenoxy) is 1. The summed E-state index contributed by atoms with van der Waals surface area (Å²) in [5.74, 6) is 0.0510. The molecular formula is C28H28N4O. The second-order valence-electron chi connectivity index (χ2n) is 8.57. The molecular weight excluding hydrogens is 408 g/mol. The molecule has 166 valence electrons. The quantitative estimate of drug-likeness (QED) is 0.410. The summed E-state index contributed by atoms with van der Waals surface area (Å²) in [4.78, 5) is 0. The zero-order valence-electron chi connectivity index (χ0n) is 19.4. The first-order valence-electron chi connectivity index (χ1n) is 11.3. The monoisotopic (exact) mass is 436 g/mol. The smallest absolute Gasteiger partial charge is 0.172 e. The van der Waals surface area contributed by atoms with Gasteiger partial charge in [-0.1, -0.05) is 50.5 Å². The van der Waals surface area contributed by atoms with Gasteiger partial charge in [-0.25, -0.2) is 0 Å². The minimum absolute atomic E-state index is 0.0510. The topological polar surface area (TPSA) is 92.6 Å². The fraction of sp³-hybridized carbons (Fsp3) is 0.321. The van der Waals surface area contributed by atoms with Crippen LogP contribution in [0.25, 0.3) is 5.57 Å². The first kappa shape index (κ1) is 23.6. The molecule has 33 heavy (non-hydrogen) atoms. The van der Waals surface area contributed by atoms with Gasteiger partial charge < -0.3 is 10.1 Å². The van der Waals surface area contributed by atoms with Gasteiger partial charge in [0, 0.05) is 18.0 Å². The van der Waals surface area contributed by atoms with Crippen LogP contribution in [0.3, 0.4) is 0 Å². The van der Waals surface area contributed by atoms with Gasteiger partial charge in [-0.2, -0.15) is 15.8 Å². The molecule has 0 unspecified atom stereocenters. The van der Waals surface area contributed by atoms with E-state index in [-0.39, 0.29) is 16.9 Å². The van der Waals surface area contributed by atoms with Crippen molar-refractivity contribution in [3.63, 3.8) is 0 Å². The SMILES string of the molecule is CCCCCCc1ccc(C(=C2C=CNC=C2)C2=C(C#N)C(=C(C#N)C#N)OC2(C)C)cc1. The molecule has 3 rings (SSSR count). The van der Waals surface area contributed by atoms with Crippen molar-refractivity contribution in [1.82, 2.24) is 5.32 Å². The Morgan fingerprint density at radius 3 is 2.21 bits per heavy atom. The molecule has 2 heterocycles. The number of dihydropyridines is 1. The Hall–Kier alpha value is -4.01. The third kappa shape index (κ3) is 5.08. The molecule has 1 N–H and O–H groups in total. The molecule has 0 aromatic heterocycles. The van der Waals surface area contributed by atoms with Gasteiger partial charge in [-0.15, -0.1) is 0 Å². The average Bonchev–Trinajstić information content (AvgIpc) is 3.09. The minimum Gasteiger partial charge on any atom is -0.480 e. The number of unbranched alkanes of at least 4 members (excludes halogenated alkanes) is 3. The van der Waals surface area contributed by atoms with Gasteiger partial charge in [-0.05, 0) is 61.1 Å². The van der Waals surface area contributed by atoms with E-state index < -0.39 is 5.60 Å². The number of allylic oxidation sites excluding steroid dienone is 5. The molecule has 0 amide bonds. The Bertz CT molecular complexity index is 1160. The summed E-state index contributed by atoms with van der Waals surface area (Å²) in [5, 5.41) is 31.9. The summed E-state index contributed by atoms with van der Waals surface area (Å²) in [7, 11) is 0. The molecule has 2 aliphatic rings. The number of hydrogen-bond acceptors (Lipinski definition) is 5. The number of nitrogens with zero attached hydrogens (tertiary/aromatic N) is 3. The molecule has 1 aromatic rings. The van der Waals surface area contributed by atoms with Gasteiger partial charge in [0.2, 0.25) is 0 Å². The predicted molar refractivity (Wildman–Crippen MR) is 129 cm³/mol. The molecule has 0 radical (unpaired) electrons. The largest absolute Gasteiger partial charge is 0.480 e. The van der Waals surface area contributed by atoms with Crippen LogP contribution in [-0.2, 0) is 11.2 Å². The number of rotatable bonds is 7. The zero-order chi connectivity index (χ0) is 23.8. The molecule has 0 saturated heterocycles. The lowest BCUT2D eigenvalue weighted by Crippen LogP contribution is -2.23. The van der Waals surface area contributed by atoms with Gasteiger partial charge in [0.1, 0.15) is 29.4 Å².